The van der Waals surface area contributed by atoms with E-state index < -0.39 is 0 Å². The highest BCUT2D eigenvalue weighted by Crippen LogP contribution is 2.18. The third kappa shape index (κ3) is 0.920. The van der Waals surface area contributed by atoms with Crippen molar-refractivity contribution in [2.24, 2.45) is 0 Å². The fourth-order valence-electron chi connectivity index (χ4n) is 0.837. The molecule has 2 N–H and O–H groups in total. The minimum Gasteiger partial charge on any atom is -0.480 e. The van der Waals surface area contributed by atoms with Crippen molar-refractivity contribution in [2.45, 2.75) is 13.5 Å². The van der Waals surface area contributed by atoms with Crippen LogP contribution in [0, 0.1) is 0 Å². The van der Waals surface area contributed by atoms with Gasteiger partial charge >= 0.3 is 0 Å². The van der Waals surface area contributed by atoms with E-state index >= 15 is 0 Å². The molecule has 1 aromatic heterocycles. The zero-order chi connectivity index (χ0) is 7.56. The van der Waals surface area contributed by atoms with Crippen molar-refractivity contribution in [2.75, 3.05) is 12.8 Å². The molecule has 0 amide bonds. The van der Waals surface area contributed by atoms with Crippen LogP contribution in [0.15, 0.2) is 6.20 Å². The van der Waals surface area contributed by atoms with Gasteiger partial charge in [0, 0.05) is 6.54 Å². The highest BCUT2D eigenvalue weighted by Gasteiger charge is 2.04. The molecule has 0 spiro atoms. The summed E-state index contributed by atoms with van der Waals surface area (Å²) in [5.74, 6) is 0.641. The maximum Gasteiger partial charge on any atom is 0.235 e. The van der Waals surface area contributed by atoms with E-state index in [1.165, 1.54) is 0 Å². The highest BCUT2D eigenvalue weighted by atomic mass is 16.5. The van der Waals surface area contributed by atoms with Gasteiger partial charge in [0.15, 0.2) is 0 Å². The third-order valence-corrected chi connectivity index (χ3v) is 1.31. The van der Waals surface area contributed by atoms with Crippen LogP contribution in [0.4, 0.5) is 5.69 Å². The van der Waals surface area contributed by atoms with E-state index in [-0.39, 0.29) is 0 Å². The Hall–Kier alpha value is -1.19. The Kier molecular flexibility index (Phi) is 1.80. The number of methoxy groups -OCH3 is 1. The molecule has 0 atom stereocenters. The zero-order valence-electron chi connectivity index (χ0n) is 6.16. The molecule has 0 fully saturated rings. The summed E-state index contributed by atoms with van der Waals surface area (Å²) in [5.41, 5.74) is 6.11. The number of hydrogen-bond donors (Lipinski definition) is 1. The Morgan fingerprint density at radius 1 is 1.80 bits per heavy atom. The molecule has 0 radical (unpaired) electrons. The molecule has 0 aromatic carbocycles. The van der Waals surface area contributed by atoms with Gasteiger partial charge in [-0.1, -0.05) is 0 Å². The van der Waals surface area contributed by atoms with Crippen LogP contribution >= 0.6 is 0 Å². The lowest BCUT2D eigenvalue weighted by Crippen LogP contribution is -2.00. The van der Waals surface area contributed by atoms with Crippen molar-refractivity contribution < 1.29 is 4.74 Å². The second kappa shape index (κ2) is 2.60. The zero-order valence-corrected chi connectivity index (χ0v) is 6.16. The number of nitrogen functional groups attached to an aromatic ring is 1. The van der Waals surface area contributed by atoms with E-state index in [1.54, 1.807) is 18.0 Å². The number of nitrogens with two attached hydrogens (primary N) is 1. The van der Waals surface area contributed by atoms with Gasteiger partial charge in [-0.2, -0.15) is 5.10 Å². The van der Waals surface area contributed by atoms with Crippen molar-refractivity contribution in [3.05, 3.63) is 6.20 Å². The van der Waals surface area contributed by atoms with Gasteiger partial charge in [0.2, 0.25) is 5.88 Å². The smallest absolute Gasteiger partial charge is 0.235 e. The first-order valence-electron chi connectivity index (χ1n) is 3.14. The van der Waals surface area contributed by atoms with E-state index in [1.807, 2.05) is 6.92 Å². The number of aryl methyl sites for hydroxylation is 1. The van der Waals surface area contributed by atoms with Crippen LogP contribution in [0.3, 0.4) is 0 Å². The van der Waals surface area contributed by atoms with Gasteiger partial charge < -0.3 is 10.5 Å². The summed E-state index contributed by atoms with van der Waals surface area (Å²) in [6.45, 7) is 2.76. The maximum absolute atomic E-state index is 5.52. The Balaban J connectivity index is 3.01. The number of rotatable bonds is 2. The number of hydrogen-bond acceptors (Lipinski definition) is 3. The predicted octanol–water partition coefficient (Wildman–Crippen LogP) is 0.494. The summed E-state index contributed by atoms with van der Waals surface area (Å²) in [6.07, 6.45) is 1.59. The molecule has 1 aromatic rings. The summed E-state index contributed by atoms with van der Waals surface area (Å²) in [6, 6.07) is 0. The largest absolute Gasteiger partial charge is 0.480 e. The summed E-state index contributed by atoms with van der Waals surface area (Å²) >= 11 is 0. The Labute approximate surface area is 59.6 Å². The molecule has 10 heavy (non-hydrogen) atoms. The fourth-order valence-corrected chi connectivity index (χ4v) is 0.837. The first-order chi connectivity index (χ1) is 4.79. The van der Waals surface area contributed by atoms with E-state index in [9.17, 15) is 0 Å². The standard InChI is InChI=1S/C6H11N3O/c1-3-9-6(10-2)5(7)4-8-9/h4H,3,7H2,1-2H3. The van der Waals surface area contributed by atoms with Crippen LogP contribution in [0.5, 0.6) is 5.88 Å². The molecule has 56 valence electrons. The summed E-state index contributed by atoms with van der Waals surface area (Å²) < 4.78 is 6.69. The average molecular weight is 141 g/mol. The molecule has 4 nitrogen and oxygen atoms in total. The molecule has 0 saturated heterocycles. The summed E-state index contributed by atoms with van der Waals surface area (Å²) in [7, 11) is 1.58. The SMILES string of the molecule is CCn1ncc(N)c1OC. The van der Waals surface area contributed by atoms with Gasteiger partial charge in [0.25, 0.3) is 0 Å². The number of aromatic nitrogens is 2. The highest BCUT2D eigenvalue weighted by molar-refractivity contribution is 5.46. The number of nitrogens with zero attached hydrogens (tertiary/aromatic N) is 2. The van der Waals surface area contributed by atoms with Crippen LogP contribution in [0.25, 0.3) is 0 Å². The Bertz CT molecular complexity index is 219. The average Bonchev–Trinajstić information content (AvgIpc) is 2.30. The maximum atomic E-state index is 5.52. The monoisotopic (exact) mass is 141 g/mol. The molecule has 0 aliphatic carbocycles. The van der Waals surface area contributed by atoms with Gasteiger partial charge in [-0.15, -0.1) is 0 Å². The van der Waals surface area contributed by atoms with Crippen LogP contribution in [0.2, 0.25) is 0 Å². The minimum absolute atomic E-state index is 0.587. The van der Waals surface area contributed by atoms with E-state index in [4.69, 9.17) is 10.5 Å². The molecular formula is C6H11N3O. The van der Waals surface area contributed by atoms with Crippen molar-refractivity contribution in [3.8, 4) is 5.88 Å². The van der Waals surface area contributed by atoms with Crippen molar-refractivity contribution in [3.63, 3.8) is 0 Å². The third-order valence-electron chi connectivity index (χ3n) is 1.31. The molecule has 0 unspecified atom stereocenters. The first-order valence-corrected chi connectivity index (χ1v) is 3.14. The fraction of sp³-hybridized carbons (Fsp3) is 0.500. The normalized spacial score (nSPS) is 9.80. The van der Waals surface area contributed by atoms with Crippen LogP contribution in [0.1, 0.15) is 6.92 Å². The summed E-state index contributed by atoms with van der Waals surface area (Å²) in [4.78, 5) is 0. The molecule has 0 aliphatic rings. The molecule has 1 rings (SSSR count). The van der Waals surface area contributed by atoms with Crippen molar-refractivity contribution in [1.82, 2.24) is 9.78 Å². The van der Waals surface area contributed by atoms with Crippen LogP contribution < -0.4 is 10.5 Å². The van der Waals surface area contributed by atoms with Crippen LogP contribution in [-0.2, 0) is 6.54 Å². The topological polar surface area (TPSA) is 53.1 Å². The van der Waals surface area contributed by atoms with E-state index in [2.05, 4.69) is 5.10 Å². The molecule has 4 heteroatoms. The molecule has 0 bridgehead atoms. The Morgan fingerprint density at radius 3 is 2.90 bits per heavy atom. The van der Waals surface area contributed by atoms with Gasteiger partial charge in [-0.25, -0.2) is 4.68 Å². The second-order valence-corrected chi connectivity index (χ2v) is 1.92. The predicted molar refractivity (Wildman–Crippen MR) is 38.9 cm³/mol. The molecule has 1 heterocycles. The van der Waals surface area contributed by atoms with Crippen molar-refractivity contribution >= 4 is 5.69 Å². The van der Waals surface area contributed by atoms with Gasteiger partial charge in [-0.3, -0.25) is 0 Å². The Morgan fingerprint density at radius 2 is 2.50 bits per heavy atom. The van der Waals surface area contributed by atoms with Crippen molar-refractivity contribution in [1.29, 1.82) is 0 Å². The molecule has 0 saturated carbocycles. The lowest BCUT2D eigenvalue weighted by Gasteiger charge is -2.01. The lowest BCUT2D eigenvalue weighted by atomic mass is 10.5. The van der Waals surface area contributed by atoms with E-state index in [0.29, 0.717) is 11.6 Å². The summed E-state index contributed by atoms with van der Waals surface area (Å²) in [5, 5.41) is 3.97. The van der Waals surface area contributed by atoms with Gasteiger partial charge in [-0.05, 0) is 6.92 Å². The minimum atomic E-state index is 0.587. The second-order valence-electron chi connectivity index (χ2n) is 1.92. The molecular weight excluding hydrogens is 130 g/mol. The quantitative estimate of drug-likeness (QED) is 0.652. The number of anilines is 1. The molecule has 0 aliphatic heterocycles. The lowest BCUT2D eigenvalue weighted by molar-refractivity contribution is 0.366. The van der Waals surface area contributed by atoms with Crippen LogP contribution in [-0.4, -0.2) is 16.9 Å². The van der Waals surface area contributed by atoms with E-state index in [0.717, 1.165) is 6.54 Å². The van der Waals surface area contributed by atoms with Gasteiger partial charge in [0.1, 0.15) is 5.69 Å². The first kappa shape index (κ1) is 6.92. The van der Waals surface area contributed by atoms with Gasteiger partial charge in [0.05, 0.1) is 13.3 Å². The number of ether oxygens (including phenoxy) is 1.